The van der Waals surface area contributed by atoms with E-state index in [1.807, 2.05) is 49.3 Å². The lowest BCUT2D eigenvalue weighted by atomic mass is 9.82. The number of hydrogen-bond donors (Lipinski definition) is 4. The third-order valence-corrected chi connectivity index (χ3v) is 9.10. The van der Waals surface area contributed by atoms with Gasteiger partial charge in [0.15, 0.2) is 0 Å². The van der Waals surface area contributed by atoms with E-state index in [0.29, 0.717) is 44.2 Å². The molecule has 1 aromatic rings. The Labute approximate surface area is 264 Å². The first-order valence-electron chi connectivity index (χ1n) is 16.4. The number of carbonyl (C=O) groups excluding carboxylic acids is 3. The quantitative estimate of drug-likeness (QED) is 0.190. The van der Waals surface area contributed by atoms with Crippen molar-refractivity contribution >= 4 is 17.7 Å². The Morgan fingerprint density at radius 1 is 0.909 bits per heavy atom. The normalized spacial score (nSPS) is 18.8. The third kappa shape index (κ3) is 12.2. The maximum Gasteiger partial charge on any atom is 0.243 e. The highest BCUT2D eigenvalue weighted by Gasteiger charge is 2.36. The van der Waals surface area contributed by atoms with E-state index in [4.69, 9.17) is 6.42 Å². The number of aliphatic hydroxyl groups is 2. The molecule has 3 rings (SSSR count). The second-order valence-corrected chi connectivity index (χ2v) is 13.3. The average Bonchev–Trinajstić information content (AvgIpc) is 3.83. The summed E-state index contributed by atoms with van der Waals surface area (Å²) in [5.74, 6) is 1.51. The van der Waals surface area contributed by atoms with E-state index in [2.05, 4.69) is 16.6 Å². The average molecular weight is 611 g/mol. The molecule has 1 aromatic carbocycles. The van der Waals surface area contributed by atoms with E-state index in [-0.39, 0.29) is 18.7 Å². The van der Waals surface area contributed by atoms with Gasteiger partial charge < -0.3 is 30.6 Å². The van der Waals surface area contributed by atoms with Crippen molar-refractivity contribution in [1.82, 2.24) is 20.4 Å². The van der Waals surface area contributed by atoms with Gasteiger partial charge in [-0.3, -0.25) is 14.4 Å². The molecule has 2 fully saturated rings. The molecule has 9 heteroatoms. The van der Waals surface area contributed by atoms with Crippen molar-refractivity contribution in [3.05, 3.63) is 35.9 Å². The standard InChI is InChI=1S/C35H54N4O5/c1-5-12-29(35(44)37-30(22-26-15-10-7-11-16-26)33(42)31(40)23-27-17-18-27)36-34(43)28(21-25-13-8-6-9-14-25)24-32(41)39(4)20-19-38(2)3/h1,6,8-9,13-14,26-31,33,40,42H,7,10-12,15-24H2,2-4H3,(H,36,43)(H,37,44)/t28-,29+,30?,31+,33-/m1/s1. The van der Waals surface area contributed by atoms with Gasteiger partial charge in [0.05, 0.1) is 18.1 Å². The maximum absolute atomic E-state index is 13.7. The Morgan fingerprint density at radius 3 is 2.18 bits per heavy atom. The molecule has 1 unspecified atom stereocenters. The number of amides is 3. The topological polar surface area (TPSA) is 122 Å². The number of nitrogens with one attached hydrogen (secondary N) is 2. The van der Waals surface area contributed by atoms with E-state index in [1.165, 1.54) is 6.42 Å². The van der Waals surface area contributed by atoms with Crippen LogP contribution in [0.3, 0.4) is 0 Å². The van der Waals surface area contributed by atoms with Crippen molar-refractivity contribution in [2.45, 2.75) is 101 Å². The lowest BCUT2D eigenvalue weighted by Crippen LogP contribution is -2.56. The first kappa shape index (κ1) is 35.5. The van der Waals surface area contributed by atoms with Crippen LogP contribution in [0.15, 0.2) is 30.3 Å². The second kappa shape index (κ2) is 18.1. The number of nitrogens with zero attached hydrogens (tertiary/aromatic N) is 2. The minimum atomic E-state index is -1.11. The first-order valence-corrected chi connectivity index (χ1v) is 16.4. The fourth-order valence-electron chi connectivity index (χ4n) is 6.07. The van der Waals surface area contributed by atoms with Crippen LogP contribution in [0.4, 0.5) is 0 Å². The van der Waals surface area contributed by atoms with Gasteiger partial charge in [0.2, 0.25) is 17.7 Å². The first-order chi connectivity index (χ1) is 21.1. The molecular formula is C35H54N4O5. The van der Waals surface area contributed by atoms with Crippen molar-refractivity contribution in [2.75, 3.05) is 34.2 Å². The molecule has 244 valence electrons. The van der Waals surface area contributed by atoms with Gasteiger partial charge in [0, 0.05) is 33.0 Å². The van der Waals surface area contributed by atoms with E-state index in [1.54, 1.807) is 11.9 Å². The van der Waals surface area contributed by atoms with Gasteiger partial charge >= 0.3 is 0 Å². The molecule has 2 aliphatic rings. The molecule has 4 N–H and O–H groups in total. The minimum Gasteiger partial charge on any atom is -0.390 e. The highest BCUT2D eigenvalue weighted by Crippen LogP contribution is 2.35. The predicted molar refractivity (Wildman–Crippen MR) is 172 cm³/mol. The Bertz CT molecular complexity index is 1080. The number of carbonyl (C=O) groups is 3. The van der Waals surface area contributed by atoms with Gasteiger partial charge in [-0.1, -0.05) is 75.3 Å². The monoisotopic (exact) mass is 610 g/mol. The highest BCUT2D eigenvalue weighted by molar-refractivity contribution is 5.91. The van der Waals surface area contributed by atoms with Crippen LogP contribution in [0.5, 0.6) is 0 Å². The summed E-state index contributed by atoms with van der Waals surface area (Å²) < 4.78 is 0. The molecule has 3 amide bonds. The lowest BCUT2D eigenvalue weighted by Gasteiger charge is -2.33. The number of rotatable bonds is 18. The summed E-state index contributed by atoms with van der Waals surface area (Å²) in [4.78, 5) is 44.1. The zero-order chi connectivity index (χ0) is 32.1. The molecule has 5 atom stereocenters. The van der Waals surface area contributed by atoms with Gasteiger partial charge in [-0.2, -0.15) is 0 Å². The molecule has 9 nitrogen and oxygen atoms in total. The summed E-state index contributed by atoms with van der Waals surface area (Å²) in [6.45, 7) is 1.23. The molecule has 0 saturated heterocycles. The van der Waals surface area contributed by atoms with Crippen molar-refractivity contribution in [3.63, 3.8) is 0 Å². The Balaban J connectivity index is 1.72. The van der Waals surface area contributed by atoms with Crippen molar-refractivity contribution in [1.29, 1.82) is 0 Å². The van der Waals surface area contributed by atoms with E-state index in [0.717, 1.165) is 44.1 Å². The van der Waals surface area contributed by atoms with Gasteiger partial charge in [-0.05, 0) is 50.8 Å². The molecule has 0 aromatic heterocycles. The van der Waals surface area contributed by atoms with Gasteiger partial charge in [-0.25, -0.2) is 0 Å². The van der Waals surface area contributed by atoms with Gasteiger partial charge in [0.1, 0.15) is 12.1 Å². The third-order valence-electron chi connectivity index (χ3n) is 9.10. The van der Waals surface area contributed by atoms with Gasteiger partial charge in [-0.15, -0.1) is 12.3 Å². The molecule has 0 aliphatic heterocycles. The Morgan fingerprint density at radius 2 is 1.57 bits per heavy atom. The molecule has 0 bridgehead atoms. The number of aliphatic hydroxyl groups excluding tert-OH is 2. The minimum absolute atomic E-state index is 0.00851. The van der Waals surface area contributed by atoms with Crippen LogP contribution in [-0.4, -0.2) is 96.3 Å². The second-order valence-electron chi connectivity index (χ2n) is 13.3. The number of benzene rings is 1. The van der Waals surface area contributed by atoms with Crippen LogP contribution in [-0.2, 0) is 20.8 Å². The van der Waals surface area contributed by atoms with E-state index >= 15 is 0 Å². The molecule has 2 aliphatic carbocycles. The van der Waals surface area contributed by atoms with Gasteiger partial charge in [0.25, 0.3) is 0 Å². The molecule has 0 spiro atoms. The predicted octanol–water partition coefficient (Wildman–Crippen LogP) is 2.74. The number of hydrogen-bond acceptors (Lipinski definition) is 6. The summed E-state index contributed by atoms with van der Waals surface area (Å²) >= 11 is 0. The highest BCUT2D eigenvalue weighted by atomic mass is 16.3. The summed E-state index contributed by atoms with van der Waals surface area (Å²) in [7, 11) is 5.60. The van der Waals surface area contributed by atoms with Crippen LogP contribution in [0, 0.1) is 30.1 Å². The zero-order valence-corrected chi connectivity index (χ0v) is 26.9. The fourth-order valence-corrected chi connectivity index (χ4v) is 6.07. The molecule has 0 radical (unpaired) electrons. The van der Waals surface area contributed by atoms with Crippen molar-refractivity contribution in [2.24, 2.45) is 17.8 Å². The van der Waals surface area contributed by atoms with Crippen molar-refractivity contribution < 1.29 is 24.6 Å². The van der Waals surface area contributed by atoms with Crippen LogP contribution in [0.25, 0.3) is 0 Å². The summed E-state index contributed by atoms with van der Waals surface area (Å²) in [6.07, 6.45) is 12.6. The maximum atomic E-state index is 13.7. The molecule has 0 heterocycles. The SMILES string of the molecule is C#CC[C@H](NC(=O)[C@@H](CC(=O)N(C)CCN(C)C)Cc1ccccc1)C(=O)NC(CC1CCCCC1)[C@@H](O)[C@@H](O)CC1CC1. The number of terminal acetylenes is 1. The van der Waals surface area contributed by atoms with Crippen LogP contribution >= 0.6 is 0 Å². The summed E-state index contributed by atoms with van der Waals surface area (Å²) in [6, 6.07) is 7.81. The van der Waals surface area contributed by atoms with E-state index in [9.17, 15) is 24.6 Å². The van der Waals surface area contributed by atoms with Crippen LogP contribution in [0.1, 0.15) is 76.2 Å². The van der Waals surface area contributed by atoms with Crippen molar-refractivity contribution in [3.8, 4) is 12.3 Å². The Kier molecular flexibility index (Phi) is 14.7. The van der Waals surface area contributed by atoms with Crippen LogP contribution in [0.2, 0.25) is 0 Å². The lowest BCUT2D eigenvalue weighted by molar-refractivity contribution is -0.136. The fraction of sp³-hybridized carbons (Fsp3) is 0.686. The summed E-state index contributed by atoms with van der Waals surface area (Å²) in [5, 5.41) is 27.8. The molecule has 44 heavy (non-hydrogen) atoms. The summed E-state index contributed by atoms with van der Waals surface area (Å²) in [5.41, 5.74) is 0.912. The molecule has 2 saturated carbocycles. The van der Waals surface area contributed by atoms with E-state index < -0.39 is 42.0 Å². The number of likely N-dealkylation sites (N-methyl/N-ethyl adjacent to an activating group) is 2. The largest absolute Gasteiger partial charge is 0.390 e. The van der Waals surface area contributed by atoms with Crippen LogP contribution < -0.4 is 10.6 Å². The smallest absolute Gasteiger partial charge is 0.243 e. The molecular weight excluding hydrogens is 556 g/mol. The Hall–Kier alpha value is -2.93. The zero-order valence-electron chi connectivity index (χ0n) is 26.9.